The van der Waals surface area contributed by atoms with Crippen molar-refractivity contribution < 1.29 is 9.53 Å². The molecule has 3 heteroatoms. The van der Waals surface area contributed by atoms with Crippen molar-refractivity contribution in [2.24, 2.45) is 5.41 Å². The Balaban J connectivity index is 2.62. The molecule has 0 radical (unpaired) electrons. The minimum atomic E-state index is -0.508. The zero-order chi connectivity index (χ0) is 16.3. The molecule has 3 nitrogen and oxygen atoms in total. The molecule has 0 spiro atoms. The summed E-state index contributed by atoms with van der Waals surface area (Å²) in [6.45, 7) is 14.4. The predicted molar refractivity (Wildman–Crippen MR) is 87.6 cm³/mol. The summed E-state index contributed by atoms with van der Waals surface area (Å²) in [5.74, 6) is 0.650. The van der Waals surface area contributed by atoms with Gasteiger partial charge in [-0.25, -0.2) is 0 Å². The molecule has 0 aromatic heterocycles. The Bertz CT molecular complexity index is 486. The predicted octanol–water partition coefficient (Wildman–Crippen LogP) is 4.09. The molecule has 0 saturated carbocycles. The van der Waals surface area contributed by atoms with Gasteiger partial charge < -0.3 is 10.1 Å². The summed E-state index contributed by atoms with van der Waals surface area (Å²) in [6, 6.07) is 7.74. The third kappa shape index (κ3) is 6.65. The second-order valence-electron chi connectivity index (χ2n) is 7.69. The van der Waals surface area contributed by atoms with E-state index < -0.39 is 6.10 Å². The van der Waals surface area contributed by atoms with Crippen LogP contribution < -0.4 is 10.1 Å². The molecule has 118 valence electrons. The highest BCUT2D eigenvalue weighted by Gasteiger charge is 2.29. The Morgan fingerprint density at radius 1 is 1.24 bits per heavy atom. The lowest BCUT2D eigenvalue weighted by Gasteiger charge is -2.34. The van der Waals surface area contributed by atoms with Crippen LogP contribution in [0.25, 0.3) is 0 Å². The minimum Gasteiger partial charge on any atom is -0.481 e. The average Bonchev–Trinajstić information content (AvgIpc) is 2.24. The van der Waals surface area contributed by atoms with Crippen LogP contribution in [0, 0.1) is 12.3 Å². The summed E-state index contributed by atoms with van der Waals surface area (Å²) in [4.78, 5) is 12.3. The summed E-state index contributed by atoms with van der Waals surface area (Å²) < 4.78 is 5.72. The lowest BCUT2D eigenvalue weighted by Crippen LogP contribution is -2.50. The lowest BCUT2D eigenvalue weighted by atomic mass is 9.81. The normalized spacial score (nSPS) is 13.7. The molecule has 0 heterocycles. The SMILES string of the molecule is Cc1cccc(OC(C)C(=O)NC(C)(C)CC(C)(C)C)c1. The van der Waals surface area contributed by atoms with Crippen molar-refractivity contribution in [2.75, 3.05) is 0 Å². The molecular weight excluding hydrogens is 262 g/mol. The Kier molecular flexibility index (Phi) is 5.43. The first kappa shape index (κ1) is 17.5. The molecule has 1 atom stereocenters. The van der Waals surface area contributed by atoms with Gasteiger partial charge in [0.05, 0.1) is 0 Å². The number of hydrogen-bond donors (Lipinski definition) is 1. The van der Waals surface area contributed by atoms with Gasteiger partial charge in [-0.3, -0.25) is 4.79 Å². The maximum Gasteiger partial charge on any atom is 0.261 e. The van der Waals surface area contributed by atoms with Crippen molar-refractivity contribution in [3.05, 3.63) is 29.8 Å². The van der Waals surface area contributed by atoms with E-state index in [-0.39, 0.29) is 16.9 Å². The number of carbonyl (C=O) groups is 1. The van der Waals surface area contributed by atoms with E-state index in [1.54, 1.807) is 6.92 Å². The van der Waals surface area contributed by atoms with Crippen LogP contribution in [0.15, 0.2) is 24.3 Å². The van der Waals surface area contributed by atoms with Gasteiger partial charge >= 0.3 is 0 Å². The summed E-state index contributed by atoms with van der Waals surface area (Å²) in [5.41, 5.74) is 1.03. The van der Waals surface area contributed by atoms with Crippen molar-refractivity contribution >= 4 is 5.91 Å². The monoisotopic (exact) mass is 291 g/mol. The zero-order valence-electron chi connectivity index (χ0n) is 14.4. The summed E-state index contributed by atoms with van der Waals surface area (Å²) >= 11 is 0. The van der Waals surface area contributed by atoms with Crippen LogP contribution in [0.3, 0.4) is 0 Å². The van der Waals surface area contributed by atoms with Crippen molar-refractivity contribution in [2.45, 2.75) is 66.5 Å². The number of rotatable bonds is 5. The molecule has 1 amide bonds. The van der Waals surface area contributed by atoms with Gasteiger partial charge in [-0.2, -0.15) is 0 Å². The first-order chi connectivity index (χ1) is 9.48. The van der Waals surface area contributed by atoms with E-state index >= 15 is 0 Å². The van der Waals surface area contributed by atoms with E-state index in [9.17, 15) is 4.79 Å². The largest absolute Gasteiger partial charge is 0.481 e. The third-order valence-electron chi connectivity index (χ3n) is 3.11. The van der Waals surface area contributed by atoms with Crippen LogP contribution in [-0.4, -0.2) is 17.6 Å². The van der Waals surface area contributed by atoms with Crippen LogP contribution in [0.1, 0.15) is 53.5 Å². The summed E-state index contributed by atoms with van der Waals surface area (Å²) in [7, 11) is 0. The van der Waals surface area contributed by atoms with Gasteiger partial charge in [-0.1, -0.05) is 32.9 Å². The van der Waals surface area contributed by atoms with E-state index in [2.05, 4.69) is 39.9 Å². The fourth-order valence-corrected chi connectivity index (χ4v) is 2.75. The van der Waals surface area contributed by atoms with Crippen molar-refractivity contribution in [3.63, 3.8) is 0 Å². The third-order valence-corrected chi connectivity index (χ3v) is 3.11. The van der Waals surface area contributed by atoms with Gasteiger partial charge in [0.15, 0.2) is 6.10 Å². The number of benzene rings is 1. The zero-order valence-corrected chi connectivity index (χ0v) is 14.4. The van der Waals surface area contributed by atoms with E-state index in [0.717, 1.165) is 17.7 Å². The number of hydrogen-bond acceptors (Lipinski definition) is 2. The fourth-order valence-electron chi connectivity index (χ4n) is 2.75. The Hall–Kier alpha value is -1.51. The van der Waals surface area contributed by atoms with E-state index in [0.29, 0.717) is 0 Å². The van der Waals surface area contributed by atoms with Gasteiger partial charge in [0.2, 0.25) is 0 Å². The lowest BCUT2D eigenvalue weighted by molar-refractivity contribution is -0.129. The van der Waals surface area contributed by atoms with Crippen LogP contribution in [0.5, 0.6) is 5.75 Å². The second-order valence-corrected chi connectivity index (χ2v) is 7.69. The molecule has 0 saturated heterocycles. The first-order valence-corrected chi connectivity index (χ1v) is 7.54. The maximum absolute atomic E-state index is 12.3. The highest BCUT2D eigenvalue weighted by molar-refractivity contribution is 5.81. The minimum absolute atomic E-state index is 0.0780. The van der Waals surface area contributed by atoms with Crippen molar-refractivity contribution in [1.82, 2.24) is 5.32 Å². The molecule has 1 rings (SSSR count). The van der Waals surface area contributed by atoms with Crippen LogP contribution >= 0.6 is 0 Å². The number of carbonyl (C=O) groups excluding carboxylic acids is 1. The van der Waals surface area contributed by atoms with Crippen molar-refractivity contribution in [3.8, 4) is 5.75 Å². The molecule has 1 unspecified atom stereocenters. The molecule has 21 heavy (non-hydrogen) atoms. The van der Waals surface area contributed by atoms with Gasteiger partial charge in [-0.15, -0.1) is 0 Å². The van der Waals surface area contributed by atoms with E-state index in [1.807, 2.05) is 31.2 Å². The quantitative estimate of drug-likeness (QED) is 0.887. The number of nitrogens with one attached hydrogen (secondary N) is 1. The average molecular weight is 291 g/mol. The smallest absolute Gasteiger partial charge is 0.261 e. The van der Waals surface area contributed by atoms with Gasteiger partial charge in [0.1, 0.15) is 5.75 Å². The molecular formula is C18H29NO2. The standard InChI is InChI=1S/C18H29NO2/c1-13-9-8-10-15(11-13)21-14(2)16(20)19-18(6,7)12-17(3,4)5/h8-11,14H,12H2,1-7H3,(H,19,20). The van der Waals surface area contributed by atoms with Crippen LogP contribution in [0.4, 0.5) is 0 Å². The van der Waals surface area contributed by atoms with Gasteiger partial charge in [-0.05, 0) is 57.2 Å². The second kappa shape index (κ2) is 6.50. The highest BCUT2D eigenvalue weighted by atomic mass is 16.5. The van der Waals surface area contributed by atoms with Gasteiger partial charge in [0.25, 0.3) is 5.91 Å². The maximum atomic E-state index is 12.3. The molecule has 0 bridgehead atoms. The molecule has 1 N–H and O–H groups in total. The Morgan fingerprint density at radius 2 is 1.86 bits per heavy atom. The van der Waals surface area contributed by atoms with Crippen LogP contribution in [-0.2, 0) is 4.79 Å². The molecule has 1 aromatic rings. The number of ether oxygens (including phenoxy) is 1. The molecule has 0 fully saturated rings. The van der Waals surface area contributed by atoms with Crippen LogP contribution in [0.2, 0.25) is 0 Å². The van der Waals surface area contributed by atoms with Crippen molar-refractivity contribution in [1.29, 1.82) is 0 Å². The highest BCUT2D eigenvalue weighted by Crippen LogP contribution is 2.27. The number of amides is 1. The Morgan fingerprint density at radius 3 is 2.38 bits per heavy atom. The van der Waals surface area contributed by atoms with E-state index in [4.69, 9.17) is 4.74 Å². The first-order valence-electron chi connectivity index (χ1n) is 7.54. The molecule has 1 aromatic carbocycles. The summed E-state index contributed by atoms with van der Waals surface area (Å²) in [5, 5.41) is 3.08. The fraction of sp³-hybridized carbons (Fsp3) is 0.611. The number of aryl methyl sites for hydroxylation is 1. The van der Waals surface area contributed by atoms with E-state index in [1.165, 1.54) is 0 Å². The molecule has 0 aliphatic heterocycles. The molecule has 0 aliphatic rings. The molecule has 0 aliphatic carbocycles. The topological polar surface area (TPSA) is 38.3 Å². The Labute approximate surface area is 129 Å². The van der Waals surface area contributed by atoms with Gasteiger partial charge in [0, 0.05) is 5.54 Å². The summed E-state index contributed by atoms with van der Waals surface area (Å²) in [6.07, 6.45) is 0.397.